The number of alkyl halides is 5. The van der Waals surface area contributed by atoms with Crippen LogP contribution in [0.5, 0.6) is 5.75 Å². The van der Waals surface area contributed by atoms with Crippen molar-refractivity contribution in [2.75, 3.05) is 7.11 Å². The van der Waals surface area contributed by atoms with Crippen molar-refractivity contribution in [1.29, 1.82) is 0 Å². The Morgan fingerprint density at radius 2 is 2.05 bits per heavy atom. The number of methoxy groups -OCH3 is 1. The fourth-order valence-electron chi connectivity index (χ4n) is 1.24. The van der Waals surface area contributed by atoms with E-state index in [0.29, 0.717) is 6.07 Å². The minimum Gasteiger partial charge on any atom is -0.469 e. The minimum atomic E-state index is -5.07. The number of rotatable bonds is 4. The van der Waals surface area contributed by atoms with Crippen LogP contribution in [0.15, 0.2) is 6.07 Å². The maximum absolute atomic E-state index is 12.5. The molecule has 1 heterocycles. The lowest BCUT2D eigenvalue weighted by Gasteiger charge is -2.15. The fraction of sp³-hybridized carbons (Fsp3) is 0.400. The second-order valence-electron chi connectivity index (χ2n) is 3.42. The number of hydrogen-bond donors (Lipinski definition) is 0. The van der Waals surface area contributed by atoms with Gasteiger partial charge in [-0.2, -0.15) is 0 Å². The van der Waals surface area contributed by atoms with E-state index in [1.807, 2.05) is 0 Å². The highest BCUT2D eigenvalue weighted by molar-refractivity contribution is 14.1. The van der Waals surface area contributed by atoms with E-state index in [4.69, 9.17) is 0 Å². The summed E-state index contributed by atoms with van der Waals surface area (Å²) < 4.78 is 69.6. The third-order valence-corrected chi connectivity index (χ3v) is 2.94. The summed E-state index contributed by atoms with van der Waals surface area (Å²) in [5, 5.41) is 0. The minimum absolute atomic E-state index is 0.190. The van der Waals surface area contributed by atoms with Crippen molar-refractivity contribution in [3.8, 4) is 5.75 Å². The zero-order chi connectivity index (χ0) is 15.5. The molecule has 1 rings (SSSR count). The van der Waals surface area contributed by atoms with E-state index >= 15 is 0 Å². The molecular formula is C10H7F5INO3. The number of ether oxygens (including phenoxy) is 2. The molecule has 4 nitrogen and oxygen atoms in total. The number of nitrogens with zero attached hydrogens (tertiary/aromatic N) is 1. The van der Waals surface area contributed by atoms with Crippen molar-refractivity contribution in [2.45, 2.75) is 19.2 Å². The molecule has 0 atom stereocenters. The summed E-state index contributed by atoms with van der Waals surface area (Å²) in [5.74, 6) is -1.74. The Morgan fingerprint density at radius 3 is 2.50 bits per heavy atom. The van der Waals surface area contributed by atoms with Crippen LogP contribution >= 0.6 is 22.6 Å². The van der Waals surface area contributed by atoms with Crippen molar-refractivity contribution in [3.05, 3.63) is 21.0 Å². The number of esters is 1. The molecule has 0 saturated heterocycles. The largest absolute Gasteiger partial charge is 0.573 e. The number of aromatic nitrogens is 1. The molecule has 10 heteroatoms. The van der Waals surface area contributed by atoms with E-state index in [2.05, 4.69) is 14.5 Å². The average molecular weight is 411 g/mol. The molecule has 0 bridgehead atoms. The lowest BCUT2D eigenvalue weighted by atomic mass is 10.1. The topological polar surface area (TPSA) is 48.4 Å². The predicted octanol–water partition coefficient (Wildman–Crippen LogP) is 3.24. The molecule has 0 aliphatic carbocycles. The highest BCUT2D eigenvalue weighted by Crippen LogP contribution is 2.32. The molecule has 0 spiro atoms. The first kappa shape index (κ1) is 16.9. The molecule has 112 valence electrons. The van der Waals surface area contributed by atoms with Crippen molar-refractivity contribution in [1.82, 2.24) is 4.98 Å². The van der Waals surface area contributed by atoms with Crippen molar-refractivity contribution in [3.63, 3.8) is 0 Å². The predicted molar refractivity (Wildman–Crippen MR) is 64.3 cm³/mol. The Bertz CT molecular complexity index is 506. The van der Waals surface area contributed by atoms with E-state index < -0.39 is 36.6 Å². The Hall–Kier alpha value is -1.20. The average Bonchev–Trinajstić information content (AvgIpc) is 2.30. The Kier molecular flexibility index (Phi) is 5.48. The smallest absolute Gasteiger partial charge is 0.469 e. The number of pyridine rings is 1. The van der Waals surface area contributed by atoms with Crippen LogP contribution in [0.1, 0.15) is 17.7 Å². The number of hydrogen-bond acceptors (Lipinski definition) is 4. The summed E-state index contributed by atoms with van der Waals surface area (Å²) >= 11 is 1.45. The number of carbonyl (C=O) groups is 1. The molecule has 0 N–H and O–H groups in total. The van der Waals surface area contributed by atoms with Gasteiger partial charge >= 0.3 is 12.3 Å². The summed E-state index contributed by atoms with van der Waals surface area (Å²) in [6.45, 7) is 0. The molecule has 0 amide bonds. The molecule has 0 aliphatic rings. The summed E-state index contributed by atoms with van der Waals surface area (Å²) in [6.07, 6.45) is -8.71. The summed E-state index contributed by atoms with van der Waals surface area (Å²) in [7, 11) is 1.04. The van der Waals surface area contributed by atoms with Gasteiger partial charge in [0.25, 0.3) is 6.43 Å². The van der Waals surface area contributed by atoms with E-state index in [9.17, 15) is 26.7 Å². The zero-order valence-electron chi connectivity index (χ0n) is 9.80. The van der Waals surface area contributed by atoms with Gasteiger partial charge in [-0.3, -0.25) is 4.79 Å². The molecule has 0 aliphatic heterocycles. The Labute approximate surface area is 123 Å². The van der Waals surface area contributed by atoms with E-state index in [1.54, 1.807) is 0 Å². The highest BCUT2D eigenvalue weighted by Gasteiger charge is 2.33. The lowest BCUT2D eigenvalue weighted by molar-refractivity contribution is -0.275. The molecule has 0 unspecified atom stereocenters. The van der Waals surface area contributed by atoms with Gasteiger partial charge in [-0.15, -0.1) is 13.2 Å². The second-order valence-corrected chi connectivity index (χ2v) is 4.44. The molecule has 0 aromatic carbocycles. The van der Waals surface area contributed by atoms with Gasteiger partial charge in [-0.1, -0.05) is 0 Å². The van der Waals surface area contributed by atoms with Gasteiger partial charge in [0.2, 0.25) is 0 Å². The molecule has 20 heavy (non-hydrogen) atoms. The van der Waals surface area contributed by atoms with Crippen LogP contribution in [0.25, 0.3) is 0 Å². The van der Waals surface area contributed by atoms with Gasteiger partial charge in [-0.05, 0) is 22.6 Å². The van der Waals surface area contributed by atoms with Gasteiger partial charge in [0, 0.05) is 11.6 Å². The molecule has 1 aromatic heterocycles. The van der Waals surface area contributed by atoms with Crippen LogP contribution in [-0.2, 0) is 16.0 Å². The summed E-state index contributed by atoms with van der Waals surface area (Å²) in [4.78, 5) is 14.6. The first-order valence-corrected chi connectivity index (χ1v) is 6.02. The van der Waals surface area contributed by atoms with Crippen molar-refractivity contribution in [2.24, 2.45) is 0 Å². The third-order valence-electron chi connectivity index (χ3n) is 2.05. The lowest BCUT2D eigenvalue weighted by Crippen LogP contribution is -2.20. The maximum Gasteiger partial charge on any atom is 0.573 e. The van der Waals surface area contributed by atoms with Gasteiger partial charge in [-0.25, -0.2) is 13.8 Å². The standard InChI is InChI=1S/C10H7F5INO3/c1-19-7(18)2-4-6(20-10(13,14)15)3-5(8(11)12)17-9(4)16/h3,8H,2H2,1H3. The number of halogens is 6. The van der Waals surface area contributed by atoms with Gasteiger partial charge < -0.3 is 9.47 Å². The van der Waals surface area contributed by atoms with Crippen LogP contribution in [0.2, 0.25) is 0 Å². The van der Waals surface area contributed by atoms with Gasteiger partial charge in [0.15, 0.2) is 0 Å². The van der Waals surface area contributed by atoms with Crippen LogP contribution in [0.4, 0.5) is 22.0 Å². The second kappa shape index (κ2) is 6.50. The molecule has 0 fully saturated rings. The van der Waals surface area contributed by atoms with Crippen LogP contribution in [-0.4, -0.2) is 24.4 Å². The molecule has 0 saturated carbocycles. The van der Waals surface area contributed by atoms with E-state index in [1.165, 1.54) is 22.6 Å². The monoisotopic (exact) mass is 411 g/mol. The van der Waals surface area contributed by atoms with Crippen molar-refractivity contribution < 1.29 is 36.2 Å². The Balaban J connectivity index is 3.28. The van der Waals surface area contributed by atoms with E-state index in [-0.39, 0.29) is 9.26 Å². The summed E-state index contributed by atoms with van der Waals surface area (Å²) in [5.41, 5.74) is -1.14. The Morgan fingerprint density at radius 1 is 1.45 bits per heavy atom. The van der Waals surface area contributed by atoms with E-state index in [0.717, 1.165) is 7.11 Å². The first-order chi connectivity index (χ1) is 9.14. The quantitative estimate of drug-likeness (QED) is 0.331. The fourth-order valence-corrected chi connectivity index (χ4v) is 1.98. The van der Waals surface area contributed by atoms with Gasteiger partial charge in [0.1, 0.15) is 15.1 Å². The maximum atomic E-state index is 12.5. The number of carbonyl (C=O) groups excluding carboxylic acids is 1. The molecule has 0 radical (unpaired) electrons. The third kappa shape index (κ3) is 4.72. The van der Waals surface area contributed by atoms with Crippen LogP contribution in [0.3, 0.4) is 0 Å². The normalized spacial score (nSPS) is 11.6. The van der Waals surface area contributed by atoms with Crippen molar-refractivity contribution >= 4 is 28.6 Å². The van der Waals surface area contributed by atoms with Crippen LogP contribution in [0, 0.1) is 3.70 Å². The molecular weight excluding hydrogens is 404 g/mol. The molecule has 1 aromatic rings. The van der Waals surface area contributed by atoms with Crippen LogP contribution < -0.4 is 4.74 Å². The highest BCUT2D eigenvalue weighted by atomic mass is 127. The summed E-state index contributed by atoms with van der Waals surface area (Å²) in [6, 6.07) is 0.457. The SMILES string of the molecule is COC(=O)Cc1c(OC(F)(F)F)cc(C(F)F)nc1I. The zero-order valence-corrected chi connectivity index (χ0v) is 12.0. The van der Waals surface area contributed by atoms with Gasteiger partial charge in [0.05, 0.1) is 13.5 Å². The first-order valence-electron chi connectivity index (χ1n) is 4.94.